The van der Waals surface area contributed by atoms with E-state index in [1.165, 1.54) is 0 Å². The molecule has 0 bridgehead atoms. The molecule has 1 aromatic rings. The average molecular weight is 181 g/mol. The second-order valence-corrected chi connectivity index (χ2v) is 2.13. The SMILES string of the molecule is FC(F)(F)c1cc[c]nc1Cl. The summed E-state index contributed by atoms with van der Waals surface area (Å²) in [6, 6.07) is 1.89. The number of halogens is 4. The quantitative estimate of drug-likeness (QED) is 0.559. The molecule has 5 heteroatoms. The third-order valence-electron chi connectivity index (χ3n) is 1.01. The summed E-state index contributed by atoms with van der Waals surface area (Å²) in [7, 11) is 0. The lowest BCUT2D eigenvalue weighted by atomic mass is 10.3. The topological polar surface area (TPSA) is 12.9 Å². The lowest BCUT2D eigenvalue weighted by Gasteiger charge is -2.05. The monoisotopic (exact) mass is 180 g/mol. The van der Waals surface area contributed by atoms with E-state index in [9.17, 15) is 13.2 Å². The highest BCUT2D eigenvalue weighted by atomic mass is 35.5. The molecule has 1 aromatic heterocycles. The number of pyridine rings is 1. The molecule has 0 atom stereocenters. The zero-order valence-corrected chi connectivity index (χ0v) is 5.87. The van der Waals surface area contributed by atoms with Crippen molar-refractivity contribution in [2.24, 2.45) is 0 Å². The van der Waals surface area contributed by atoms with E-state index >= 15 is 0 Å². The molecule has 0 unspecified atom stereocenters. The van der Waals surface area contributed by atoms with Crippen LogP contribution in [0.25, 0.3) is 0 Å². The number of nitrogens with zero attached hydrogens (tertiary/aromatic N) is 1. The summed E-state index contributed by atoms with van der Waals surface area (Å²) in [5.74, 6) is 0. The molecule has 1 heterocycles. The van der Waals surface area contributed by atoms with E-state index in [0.717, 1.165) is 12.1 Å². The first-order valence-electron chi connectivity index (χ1n) is 2.61. The van der Waals surface area contributed by atoms with Gasteiger partial charge in [0.2, 0.25) is 0 Å². The minimum absolute atomic E-state index is 0.569. The Morgan fingerprint density at radius 3 is 2.45 bits per heavy atom. The largest absolute Gasteiger partial charge is 0.419 e. The first-order chi connectivity index (χ1) is 5.02. The van der Waals surface area contributed by atoms with Gasteiger partial charge in [0.05, 0.1) is 11.8 Å². The number of hydrogen-bond donors (Lipinski definition) is 0. The van der Waals surface area contributed by atoms with Gasteiger partial charge >= 0.3 is 6.18 Å². The zero-order chi connectivity index (χ0) is 8.48. The van der Waals surface area contributed by atoms with Gasteiger partial charge in [0, 0.05) is 0 Å². The number of aromatic nitrogens is 1. The highest BCUT2D eigenvalue weighted by molar-refractivity contribution is 6.30. The summed E-state index contributed by atoms with van der Waals surface area (Å²) in [5.41, 5.74) is -0.932. The van der Waals surface area contributed by atoms with Crippen LogP contribution in [0.3, 0.4) is 0 Å². The second-order valence-electron chi connectivity index (χ2n) is 1.78. The average Bonchev–Trinajstić information content (AvgIpc) is 1.86. The molecule has 0 aromatic carbocycles. The van der Waals surface area contributed by atoms with Crippen LogP contribution in [0.1, 0.15) is 5.56 Å². The number of alkyl halides is 3. The molecule has 0 fully saturated rings. The maximum absolute atomic E-state index is 11.9. The van der Waals surface area contributed by atoms with Crippen molar-refractivity contribution >= 4 is 11.6 Å². The van der Waals surface area contributed by atoms with Gasteiger partial charge in [0.1, 0.15) is 5.15 Å². The molecule has 11 heavy (non-hydrogen) atoms. The van der Waals surface area contributed by atoms with Gasteiger partial charge in [-0.25, -0.2) is 4.98 Å². The molecule has 1 rings (SSSR count). The van der Waals surface area contributed by atoms with Gasteiger partial charge in [-0.1, -0.05) is 11.6 Å². The minimum Gasteiger partial charge on any atom is -0.234 e. The van der Waals surface area contributed by atoms with Gasteiger partial charge in [-0.2, -0.15) is 13.2 Å². The Bertz CT molecular complexity index is 258. The standard InChI is InChI=1S/C6H2ClF3N/c7-5-4(6(8,9)10)2-1-3-11-5/h1-2H. The third kappa shape index (κ3) is 1.83. The molecule has 0 aliphatic heterocycles. The summed E-state index contributed by atoms with van der Waals surface area (Å²) in [4.78, 5) is 3.17. The van der Waals surface area contributed by atoms with Crippen LogP contribution < -0.4 is 0 Å². The summed E-state index contributed by atoms with van der Waals surface area (Å²) in [6.45, 7) is 0. The Hall–Kier alpha value is -0.770. The zero-order valence-electron chi connectivity index (χ0n) is 5.11. The van der Waals surface area contributed by atoms with Crippen LogP contribution in [-0.2, 0) is 6.18 Å². The number of hydrogen-bond acceptors (Lipinski definition) is 1. The fourth-order valence-corrected chi connectivity index (χ4v) is 0.774. The molecule has 0 amide bonds. The van der Waals surface area contributed by atoms with Crippen molar-refractivity contribution in [3.63, 3.8) is 0 Å². The van der Waals surface area contributed by atoms with Crippen LogP contribution >= 0.6 is 11.6 Å². The molecule has 59 valence electrons. The first kappa shape index (κ1) is 8.33. The smallest absolute Gasteiger partial charge is 0.234 e. The van der Waals surface area contributed by atoms with E-state index in [4.69, 9.17) is 11.6 Å². The first-order valence-corrected chi connectivity index (χ1v) is 2.99. The molecule has 0 aliphatic rings. The molecule has 0 spiro atoms. The Labute approximate surface area is 65.8 Å². The van der Waals surface area contributed by atoms with E-state index < -0.39 is 16.9 Å². The molecule has 1 nitrogen and oxygen atoms in total. The van der Waals surface area contributed by atoms with Gasteiger partial charge in [-0.3, -0.25) is 0 Å². The molecular formula is C6H2ClF3N. The summed E-state index contributed by atoms with van der Waals surface area (Å²) < 4.78 is 35.7. The fraction of sp³-hybridized carbons (Fsp3) is 0.167. The van der Waals surface area contributed by atoms with Crippen LogP contribution in [0.2, 0.25) is 5.15 Å². The molecule has 0 saturated carbocycles. The van der Waals surface area contributed by atoms with Crippen LogP contribution in [0.5, 0.6) is 0 Å². The Morgan fingerprint density at radius 2 is 2.09 bits per heavy atom. The third-order valence-corrected chi connectivity index (χ3v) is 1.30. The van der Waals surface area contributed by atoms with E-state index in [2.05, 4.69) is 11.2 Å². The van der Waals surface area contributed by atoms with Crippen molar-refractivity contribution in [3.8, 4) is 0 Å². The van der Waals surface area contributed by atoms with Crippen molar-refractivity contribution in [2.45, 2.75) is 6.18 Å². The van der Waals surface area contributed by atoms with Crippen molar-refractivity contribution in [2.75, 3.05) is 0 Å². The predicted molar refractivity (Wildman–Crippen MR) is 33.1 cm³/mol. The maximum Gasteiger partial charge on any atom is 0.419 e. The van der Waals surface area contributed by atoms with E-state index in [-0.39, 0.29) is 0 Å². The summed E-state index contributed by atoms with van der Waals surface area (Å²) in [5, 5.41) is -0.569. The van der Waals surface area contributed by atoms with Crippen molar-refractivity contribution in [1.82, 2.24) is 4.98 Å². The summed E-state index contributed by atoms with van der Waals surface area (Å²) >= 11 is 5.15. The highest BCUT2D eigenvalue weighted by Crippen LogP contribution is 2.32. The Kier molecular flexibility index (Phi) is 2.04. The van der Waals surface area contributed by atoms with Gasteiger partial charge < -0.3 is 0 Å². The van der Waals surface area contributed by atoms with Crippen LogP contribution in [0.15, 0.2) is 12.1 Å². The molecular weight excluding hydrogens is 179 g/mol. The van der Waals surface area contributed by atoms with Gasteiger partial charge in [0.25, 0.3) is 0 Å². The van der Waals surface area contributed by atoms with E-state index in [1.54, 1.807) is 0 Å². The van der Waals surface area contributed by atoms with Crippen LogP contribution in [0, 0.1) is 6.20 Å². The molecule has 0 N–H and O–H groups in total. The Balaban J connectivity index is 3.14. The van der Waals surface area contributed by atoms with Gasteiger partial charge in [0.15, 0.2) is 0 Å². The highest BCUT2D eigenvalue weighted by Gasteiger charge is 2.33. The van der Waals surface area contributed by atoms with Crippen LogP contribution in [0.4, 0.5) is 13.2 Å². The second kappa shape index (κ2) is 2.70. The molecule has 0 aliphatic carbocycles. The lowest BCUT2D eigenvalue weighted by molar-refractivity contribution is -0.137. The van der Waals surface area contributed by atoms with Crippen molar-refractivity contribution in [3.05, 3.63) is 29.0 Å². The predicted octanol–water partition coefficient (Wildman–Crippen LogP) is 2.55. The normalized spacial score (nSPS) is 11.6. The Morgan fingerprint density at radius 1 is 1.45 bits per heavy atom. The van der Waals surface area contributed by atoms with Crippen molar-refractivity contribution in [1.29, 1.82) is 0 Å². The fourth-order valence-electron chi connectivity index (χ4n) is 0.555. The van der Waals surface area contributed by atoms with E-state index in [1.807, 2.05) is 0 Å². The molecule has 0 saturated heterocycles. The van der Waals surface area contributed by atoms with Gasteiger partial charge in [-0.05, 0) is 12.1 Å². The van der Waals surface area contributed by atoms with E-state index in [0.29, 0.717) is 0 Å². The molecule has 1 radical (unpaired) electrons. The summed E-state index contributed by atoms with van der Waals surface area (Å²) in [6.07, 6.45) is -2.24. The van der Waals surface area contributed by atoms with Crippen molar-refractivity contribution < 1.29 is 13.2 Å². The van der Waals surface area contributed by atoms with Crippen LogP contribution in [-0.4, -0.2) is 4.98 Å². The number of rotatable bonds is 0. The maximum atomic E-state index is 11.9. The van der Waals surface area contributed by atoms with Gasteiger partial charge in [-0.15, -0.1) is 0 Å². The minimum atomic E-state index is -4.43. The lowest BCUT2D eigenvalue weighted by Crippen LogP contribution is -2.06.